The van der Waals surface area contributed by atoms with Gasteiger partial charge in [0.05, 0.1) is 11.7 Å². The first kappa shape index (κ1) is 11.3. The maximum Gasteiger partial charge on any atom is 0.244 e. The molecule has 0 aliphatic rings. The normalized spacial score (nSPS) is 10.5. The lowest BCUT2D eigenvalue weighted by atomic mass is 10.1. The maximum absolute atomic E-state index is 11.3. The number of carbonyl (C=O) groups excluding carboxylic acids is 2. The third-order valence-corrected chi connectivity index (χ3v) is 2.52. The van der Waals surface area contributed by atoms with Gasteiger partial charge < -0.3 is 5.32 Å². The average molecular weight is 231 g/mol. The molecule has 5 heteroatoms. The standard InChI is InChI=1S/C12H13N3O2/c1-7-4-12-10(5-11(7)14-8(2)16)6-13-15(12)9(3)17/h4-6H,1-3H3,(H,14,16). The van der Waals surface area contributed by atoms with Gasteiger partial charge in [0.15, 0.2) is 0 Å². The maximum atomic E-state index is 11.3. The van der Waals surface area contributed by atoms with Crippen LogP contribution in [0, 0.1) is 6.92 Å². The summed E-state index contributed by atoms with van der Waals surface area (Å²) in [5.74, 6) is -0.252. The van der Waals surface area contributed by atoms with E-state index < -0.39 is 0 Å². The molecule has 5 nitrogen and oxygen atoms in total. The van der Waals surface area contributed by atoms with Crippen LogP contribution >= 0.6 is 0 Å². The van der Waals surface area contributed by atoms with Gasteiger partial charge >= 0.3 is 0 Å². The molecule has 2 rings (SSSR count). The van der Waals surface area contributed by atoms with Crippen molar-refractivity contribution in [3.8, 4) is 0 Å². The molecule has 0 spiro atoms. The van der Waals surface area contributed by atoms with Crippen molar-refractivity contribution < 1.29 is 9.59 Å². The molecular weight excluding hydrogens is 218 g/mol. The number of carbonyl (C=O) groups is 2. The van der Waals surface area contributed by atoms with Gasteiger partial charge in [-0.1, -0.05) is 0 Å². The van der Waals surface area contributed by atoms with E-state index in [1.807, 2.05) is 19.1 Å². The summed E-state index contributed by atoms with van der Waals surface area (Å²) >= 11 is 0. The first-order valence-electron chi connectivity index (χ1n) is 5.26. The van der Waals surface area contributed by atoms with Gasteiger partial charge in [-0.2, -0.15) is 5.10 Å². The zero-order valence-corrected chi connectivity index (χ0v) is 9.94. The van der Waals surface area contributed by atoms with Gasteiger partial charge in [0, 0.05) is 24.9 Å². The van der Waals surface area contributed by atoms with E-state index in [9.17, 15) is 9.59 Å². The molecule has 0 radical (unpaired) electrons. The van der Waals surface area contributed by atoms with Crippen molar-refractivity contribution in [3.05, 3.63) is 23.9 Å². The number of nitrogens with zero attached hydrogens (tertiary/aromatic N) is 2. The number of anilines is 1. The highest BCUT2D eigenvalue weighted by molar-refractivity contribution is 5.96. The Labute approximate surface area is 98.4 Å². The summed E-state index contributed by atoms with van der Waals surface area (Å²) in [6.07, 6.45) is 1.61. The summed E-state index contributed by atoms with van der Waals surface area (Å²) in [5.41, 5.74) is 2.40. The Hall–Kier alpha value is -2.17. The van der Waals surface area contributed by atoms with E-state index in [1.54, 1.807) is 6.20 Å². The number of fused-ring (bicyclic) bond motifs is 1. The number of benzene rings is 1. The molecule has 88 valence electrons. The number of rotatable bonds is 1. The minimum absolute atomic E-state index is 0.119. The molecule has 1 aromatic carbocycles. The molecule has 0 atom stereocenters. The number of hydrogen-bond donors (Lipinski definition) is 1. The van der Waals surface area contributed by atoms with E-state index in [2.05, 4.69) is 10.4 Å². The molecule has 1 heterocycles. The van der Waals surface area contributed by atoms with Crippen LogP contribution in [0.3, 0.4) is 0 Å². The largest absolute Gasteiger partial charge is 0.326 e. The molecule has 0 fully saturated rings. The molecule has 0 aliphatic heterocycles. The van der Waals surface area contributed by atoms with Gasteiger partial charge in [0.1, 0.15) is 0 Å². The van der Waals surface area contributed by atoms with Gasteiger partial charge in [-0.3, -0.25) is 9.59 Å². The van der Waals surface area contributed by atoms with Crippen molar-refractivity contribution in [3.63, 3.8) is 0 Å². The van der Waals surface area contributed by atoms with Crippen LogP contribution in [-0.2, 0) is 4.79 Å². The molecule has 0 saturated heterocycles. The summed E-state index contributed by atoms with van der Waals surface area (Å²) in [5, 5.41) is 7.58. The molecule has 0 aliphatic carbocycles. The Bertz CT molecular complexity index is 613. The minimum Gasteiger partial charge on any atom is -0.326 e. The Morgan fingerprint density at radius 3 is 2.59 bits per heavy atom. The lowest BCUT2D eigenvalue weighted by Gasteiger charge is -2.07. The van der Waals surface area contributed by atoms with Gasteiger partial charge in [-0.25, -0.2) is 4.68 Å². The predicted octanol–water partition coefficient (Wildman–Crippen LogP) is 1.96. The lowest BCUT2D eigenvalue weighted by molar-refractivity contribution is -0.114. The van der Waals surface area contributed by atoms with E-state index in [0.717, 1.165) is 22.2 Å². The van der Waals surface area contributed by atoms with Crippen molar-refractivity contribution in [2.24, 2.45) is 0 Å². The number of aryl methyl sites for hydroxylation is 1. The number of amides is 1. The van der Waals surface area contributed by atoms with Crippen LogP contribution < -0.4 is 5.32 Å². The molecule has 17 heavy (non-hydrogen) atoms. The Balaban J connectivity index is 2.59. The molecule has 2 aromatic rings. The fraction of sp³-hybridized carbons (Fsp3) is 0.250. The summed E-state index contributed by atoms with van der Waals surface area (Å²) in [7, 11) is 0. The van der Waals surface area contributed by atoms with E-state index in [1.165, 1.54) is 18.5 Å². The third kappa shape index (κ3) is 2.04. The second kappa shape index (κ2) is 4.01. The van der Waals surface area contributed by atoms with Gasteiger partial charge in [0.2, 0.25) is 11.8 Å². The Morgan fingerprint density at radius 2 is 2.00 bits per heavy atom. The predicted molar refractivity (Wildman–Crippen MR) is 65.1 cm³/mol. The molecular formula is C12H13N3O2. The molecule has 0 unspecified atom stereocenters. The van der Waals surface area contributed by atoms with Crippen molar-refractivity contribution in [2.75, 3.05) is 5.32 Å². The first-order valence-corrected chi connectivity index (χ1v) is 5.26. The van der Waals surface area contributed by atoms with Gasteiger partial charge in [0.25, 0.3) is 0 Å². The zero-order chi connectivity index (χ0) is 12.6. The van der Waals surface area contributed by atoms with Crippen LogP contribution in [0.5, 0.6) is 0 Å². The van der Waals surface area contributed by atoms with E-state index >= 15 is 0 Å². The molecule has 0 bridgehead atoms. The molecule has 1 aromatic heterocycles. The monoisotopic (exact) mass is 231 g/mol. The van der Waals surface area contributed by atoms with Crippen molar-refractivity contribution in [1.82, 2.24) is 9.78 Å². The van der Waals surface area contributed by atoms with E-state index in [-0.39, 0.29) is 11.8 Å². The number of aromatic nitrogens is 2. The van der Waals surface area contributed by atoms with Gasteiger partial charge in [-0.15, -0.1) is 0 Å². The second-order valence-corrected chi connectivity index (χ2v) is 3.98. The second-order valence-electron chi connectivity index (χ2n) is 3.98. The SMILES string of the molecule is CC(=O)Nc1cc2cnn(C(C)=O)c2cc1C. The Morgan fingerprint density at radius 1 is 1.29 bits per heavy atom. The summed E-state index contributed by atoms with van der Waals surface area (Å²) in [6, 6.07) is 3.66. The van der Waals surface area contributed by atoms with Crippen LogP contribution in [0.2, 0.25) is 0 Å². The molecule has 1 amide bonds. The summed E-state index contributed by atoms with van der Waals surface area (Å²) in [6.45, 7) is 4.80. The third-order valence-electron chi connectivity index (χ3n) is 2.52. The fourth-order valence-corrected chi connectivity index (χ4v) is 1.75. The van der Waals surface area contributed by atoms with Crippen molar-refractivity contribution >= 4 is 28.4 Å². The van der Waals surface area contributed by atoms with Crippen LogP contribution in [-0.4, -0.2) is 21.6 Å². The highest BCUT2D eigenvalue weighted by Crippen LogP contribution is 2.23. The first-order chi connectivity index (χ1) is 7.99. The average Bonchev–Trinajstić information content (AvgIpc) is 2.60. The quantitative estimate of drug-likeness (QED) is 0.816. The van der Waals surface area contributed by atoms with Crippen LogP contribution in [0.15, 0.2) is 18.3 Å². The molecule has 0 saturated carbocycles. The van der Waals surface area contributed by atoms with E-state index in [4.69, 9.17) is 0 Å². The van der Waals surface area contributed by atoms with Crippen LogP contribution in [0.1, 0.15) is 24.2 Å². The Kier molecular flexibility index (Phi) is 2.67. The van der Waals surface area contributed by atoms with Gasteiger partial charge in [-0.05, 0) is 24.6 Å². The highest BCUT2D eigenvalue weighted by atomic mass is 16.2. The lowest BCUT2D eigenvalue weighted by Crippen LogP contribution is -2.08. The van der Waals surface area contributed by atoms with E-state index in [0.29, 0.717) is 0 Å². The minimum atomic E-state index is -0.133. The van der Waals surface area contributed by atoms with Crippen molar-refractivity contribution in [1.29, 1.82) is 0 Å². The summed E-state index contributed by atoms with van der Waals surface area (Å²) in [4.78, 5) is 22.4. The number of nitrogens with one attached hydrogen (secondary N) is 1. The van der Waals surface area contributed by atoms with Crippen LogP contribution in [0.4, 0.5) is 5.69 Å². The molecule has 1 N–H and O–H groups in total. The zero-order valence-electron chi connectivity index (χ0n) is 9.94. The highest BCUT2D eigenvalue weighted by Gasteiger charge is 2.09. The summed E-state index contributed by atoms with van der Waals surface area (Å²) < 4.78 is 1.35. The smallest absolute Gasteiger partial charge is 0.244 e. The van der Waals surface area contributed by atoms with Crippen molar-refractivity contribution in [2.45, 2.75) is 20.8 Å². The fourth-order valence-electron chi connectivity index (χ4n) is 1.75. The topological polar surface area (TPSA) is 64.0 Å². The van der Waals surface area contributed by atoms with Crippen LogP contribution in [0.25, 0.3) is 10.9 Å². The number of hydrogen-bond acceptors (Lipinski definition) is 3.